The normalized spacial score (nSPS) is 23.3. The predicted molar refractivity (Wildman–Crippen MR) is 95.8 cm³/mol. The number of likely N-dealkylation sites (tertiary alicyclic amines) is 1. The van der Waals surface area contributed by atoms with Gasteiger partial charge in [0, 0.05) is 5.56 Å². The lowest BCUT2D eigenvalue weighted by atomic mass is 9.89. The van der Waals surface area contributed by atoms with E-state index < -0.39 is 11.5 Å². The Morgan fingerprint density at radius 3 is 2.62 bits per heavy atom. The number of benzene rings is 1. The van der Waals surface area contributed by atoms with Crippen LogP contribution in [0.2, 0.25) is 0 Å². The van der Waals surface area contributed by atoms with E-state index in [2.05, 4.69) is 4.90 Å². The second-order valence-corrected chi connectivity index (χ2v) is 7.01. The van der Waals surface area contributed by atoms with Crippen molar-refractivity contribution in [3.8, 4) is 0 Å². The predicted octanol–water partition coefficient (Wildman–Crippen LogP) is 2.53. The molecular formula is C20H22N2O4. The van der Waals surface area contributed by atoms with Crippen LogP contribution in [0, 0.1) is 0 Å². The summed E-state index contributed by atoms with van der Waals surface area (Å²) in [6, 6.07) is 10.3. The maximum absolute atomic E-state index is 13.1. The molecule has 0 unspecified atom stereocenters. The van der Waals surface area contributed by atoms with Crippen LogP contribution in [0.3, 0.4) is 0 Å². The number of furan rings is 1. The molecule has 1 amide bonds. The molecule has 0 saturated carbocycles. The van der Waals surface area contributed by atoms with Gasteiger partial charge in [-0.3, -0.25) is 19.4 Å². The number of piperidine rings is 1. The lowest BCUT2D eigenvalue weighted by Crippen LogP contribution is -2.47. The summed E-state index contributed by atoms with van der Waals surface area (Å²) < 4.78 is 5.13. The Morgan fingerprint density at radius 2 is 1.88 bits per heavy atom. The van der Waals surface area contributed by atoms with Crippen LogP contribution in [0.25, 0.3) is 0 Å². The number of rotatable bonds is 5. The zero-order valence-corrected chi connectivity index (χ0v) is 14.6. The van der Waals surface area contributed by atoms with E-state index in [0.717, 1.165) is 25.9 Å². The number of hydrogen-bond donors (Lipinski definition) is 1. The highest BCUT2D eigenvalue weighted by atomic mass is 16.3. The van der Waals surface area contributed by atoms with Gasteiger partial charge in [-0.15, -0.1) is 0 Å². The highest BCUT2D eigenvalue weighted by Crippen LogP contribution is 2.43. The van der Waals surface area contributed by atoms with Gasteiger partial charge in [0.25, 0.3) is 5.91 Å². The topological polar surface area (TPSA) is 74.0 Å². The zero-order chi connectivity index (χ0) is 18.1. The monoisotopic (exact) mass is 354 g/mol. The molecule has 1 fully saturated rings. The first-order valence-electron chi connectivity index (χ1n) is 9.02. The van der Waals surface area contributed by atoms with Crippen molar-refractivity contribution in [3.05, 3.63) is 54.0 Å². The fourth-order valence-corrected chi connectivity index (χ4v) is 3.88. The number of carbonyl (C=O) groups excluding carboxylic acids is 2. The zero-order valence-electron chi connectivity index (χ0n) is 14.6. The molecule has 1 aromatic heterocycles. The maximum atomic E-state index is 13.1. The first-order valence-corrected chi connectivity index (χ1v) is 9.02. The van der Waals surface area contributed by atoms with E-state index >= 15 is 0 Å². The number of Topliss-reactive ketones (excluding diaryl/α,β-unsaturated/α-hetero) is 1. The summed E-state index contributed by atoms with van der Waals surface area (Å²) in [5.41, 5.74) is -0.685. The van der Waals surface area contributed by atoms with Crippen molar-refractivity contribution in [1.82, 2.24) is 4.90 Å². The van der Waals surface area contributed by atoms with Crippen LogP contribution in [-0.4, -0.2) is 41.5 Å². The molecule has 1 saturated heterocycles. The van der Waals surface area contributed by atoms with Gasteiger partial charge in [-0.25, -0.2) is 0 Å². The van der Waals surface area contributed by atoms with Gasteiger partial charge in [0.15, 0.2) is 11.4 Å². The molecule has 2 aromatic rings. The highest BCUT2D eigenvalue weighted by molar-refractivity contribution is 6.10. The first kappa shape index (κ1) is 17.0. The van der Waals surface area contributed by atoms with Gasteiger partial charge in [0.2, 0.25) is 5.78 Å². The fourth-order valence-electron chi connectivity index (χ4n) is 3.88. The molecule has 1 atom stereocenters. The minimum atomic E-state index is -1.85. The van der Waals surface area contributed by atoms with Crippen LogP contribution < -0.4 is 4.90 Å². The molecule has 1 N–H and O–H groups in total. The fraction of sp³-hybridized carbons (Fsp3) is 0.400. The van der Waals surface area contributed by atoms with Crippen molar-refractivity contribution in [2.24, 2.45) is 0 Å². The summed E-state index contributed by atoms with van der Waals surface area (Å²) >= 11 is 0. The van der Waals surface area contributed by atoms with E-state index in [0.29, 0.717) is 17.9 Å². The van der Waals surface area contributed by atoms with Crippen molar-refractivity contribution >= 4 is 17.4 Å². The summed E-state index contributed by atoms with van der Waals surface area (Å²) in [5.74, 6) is -0.678. The molecule has 6 nitrogen and oxygen atoms in total. The number of ketones is 1. The average molecular weight is 354 g/mol. The number of nitrogens with zero attached hydrogens (tertiary/aromatic N) is 2. The van der Waals surface area contributed by atoms with Gasteiger partial charge in [-0.05, 0) is 44.1 Å². The number of hydrogen-bond acceptors (Lipinski definition) is 5. The molecule has 6 heteroatoms. The Kier molecular flexibility index (Phi) is 4.38. The Balaban J connectivity index is 1.63. The van der Waals surface area contributed by atoms with Gasteiger partial charge < -0.3 is 9.52 Å². The van der Waals surface area contributed by atoms with Crippen molar-refractivity contribution in [2.45, 2.75) is 31.3 Å². The van der Waals surface area contributed by atoms with E-state index in [9.17, 15) is 14.7 Å². The van der Waals surface area contributed by atoms with E-state index in [1.165, 1.54) is 12.7 Å². The molecule has 0 radical (unpaired) electrons. The Morgan fingerprint density at radius 1 is 1.12 bits per heavy atom. The maximum Gasteiger partial charge on any atom is 0.265 e. The number of fused-ring (bicyclic) bond motifs is 1. The minimum Gasteiger partial charge on any atom is -0.461 e. The molecule has 26 heavy (non-hydrogen) atoms. The smallest absolute Gasteiger partial charge is 0.265 e. The number of para-hydroxylation sites is 1. The number of aliphatic hydroxyl groups is 1. The van der Waals surface area contributed by atoms with E-state index in [1.54, 1.807) is 29.2 Å². The van der Waals surface area contributed by atoms with Gasteiger partial charge in [0.05, 0.1) is 25.0 Å². The quantitative estimate of drug-likeness (QED) is 0.835. The molecule has 4 rings (SSSR count). The van der Waals surface area contributed by atoms with Crippen LogP contribution >= 0.6 is 0 Å². The molecule has 2 aliphatic rings. The van der Waals surface area contributed by atoms with E-state index in [4.69, 9.17) is 4.42 Å². The van der Waals surface area contributed by atoms with Gasteiger partial charge in [0.1, 0.15) is 0 Å². The van der Waals surface area contributed by atoms with Crippen molar-refractivity contribution in [3.63, 3.8) is 0 Å². The molecule has 136 valence electrons. The van der Waals surface area contributed by atoms with Crippen LogP contribution in [0.15, 0.2) is 47.1 Å². The standard InChI is InChI=1S/C20H22N2O4/c23-17(18-9-6-12-26-18)13-20(25)15-7-2-3-8-16(15)22(19(20)24)14-21-10-4-1-5-11-21/h2-3,6-9,12,25H,1,4-5,10-11,13-14H2/t20-/m1/s1. The summed E-state index contributed by atoms with van der Waals surface area (Å²) in [6.07, 6.45) is 4.52. The number of anilines is 1. The van der Waals surface area contributed by atoms with Crippen LogP contribution in [0.1, 0.15) is 41.8 Å². The summed E-state index contributed by atoms with van der Waals surface area (Å²) in [4.78, 5) is 29.4. The molecule has 2 aliphatic heterocycles. The van der Waals surface area contributed by atoms with Crippen LogP contribution in [-0.2, 0) is 10.4 Å². The summed E-state index contributed by atoms with van der Waals surface area (Å²) in [6.45, 7) is 2.32. The van der Waals surface area contributed by atoms with Crippen molar-refractivity contribution in [2.75, 3.05) is 24.7 Å². The SMILES string of the molecule is O=C(C[C@]1(O)C(=O)N(CN2CCCCC2)c2ccccc21)c1ccco1. The molecule has 0 aliphatic carbocycles. The second-order valence-electron chi connectivity index (χ2n) is 7.01. The van der Waals surface area contributed by atoms with Crippen molar-refractivity contribution < 1.29 is 19.1 Å². The van der Waals surface area contributed by atoms with Gasteiger partial charge in [-0.2, -0.15) is 0 Å². The summed E-state index contributed by atoms with van der Waals surface area (Å²) in [5, 5.41) is 11.2. The van der Waals surface area contributed by atoms with Crippen molar-refractivity contribution in [1.29, 1.82) is 0 Å². The number of amides is 1. The minimum absolute atomic E-state index is 0.151. The third kappa shape index (κ3) is 2.85. The highest BCUT2D eigenvalue weighted by Gasteiger charge is 2.51. The molecule has 0 bridgehead atoms. The van der Waals surface area contributed by atoms with E-state index in [1.807, 2.05) is 12.1 Å². The third-order valence-corrected chi connectivity index (χ3v) is 5.24. The lowest BCUT2D eigenvalue weighted by molar-refractivity contribution is -0.136. The van der Waals surface area contributed by atoms with Crippen LogP contribution in [0.5, 0.6) is 0 Å². The van der Waals surface area contributed by atoms with Gasteiger partial charge >= 0.3 is 0 Å². The Labute approximate surface area is 152 Å². The third-order valence-electron chi connectivity index (χ3n) is 5.24. The first-order chi connectivity index (χ1) is 12.6. The average Bonchev–Trinajstić information content (AvgIpc) is 3.26. The molecular weight excluding hydrogens is 332 g/mol. The lowest BCUT2D eigenvalue weighted by Gasteiger charge is -2.31. The number of carbonyl (C=O) groups is 2. The largest absolute Gasteiger partial charge is 0.461 e. The van der Waals surface area contributed by atoms with Crippen LogP contribution in [0.4, 0.5) is 5.69 Å². The van der Waals surface area contributed by atoms with E-state index in [-0.39, 0.29) is 18.0 Å². The second kappa shape index (κ2) is 6.70. The molecule has 1 aromatic carbocycles. The summed E-state index contributed by atoms with van der Waals surface area (Å²) in [7, 11) is 0. The Bertz CT molecular complexity index is 811. The van der Waals surface area contributed by atoms with Gasteiger partial charge in [-0.1, -0.05) is 24.6 Å². The Hall–Kier alpha value is -2.44. The molecule has 0 spiro atoms. The molecule has 3 heterocycles.